The summed E-state index contributed by atoms with van der Waals surface area (Å²) in [6, 6.07) is 6.91. The number of anilines is 1. The lowest BCUT2D eigenvalue weighted by atomic mass is 10.1. The number of benzene rings is 1. The first-order chi connectivity index (χ1) is 18.4. The van der Waals surface area contributed by atoms with Crippen molar-refractivity contribution in [3.05, 3.63) is 68.1 Å². The molecule has 1 amide bonds. The number of aliphatic imine (C=N–C) groups is 1. The molecule has 2 aromatic heterocycles. The van der Waals surface area contributed by atoms with Gasteiger partial charge in [-0.15, -0.1) is 13.2 Å². The molecule has 2 heterocycles. The van der Waals surface area contributed by atoms with Gasteiger partial charge < -0.3 is 19.5 Å². The van der Waals surface area contributed by atoms with Gasteiger partial charge in [0.2, 0.25) is 0 Å². The van der Waals surface area contributed by atoms with Crippen LogP contribution in [0.3, 0.4) is 0 Å². The molecule has 39 heavy (non-hydrogen) atoms. The first-order valence-corrected chi connectivity index (χ1v) is 12.5. The monoisotopic (exact) mass is 585 g/mol. The van der Waals surface area contributed by atoms with Gasteiger partial charge in [-0.3, -0.25) is 14.9 Å². The molecule has 0 fully saturated rings. The normalized spacial score (nSPS) is 11.3. The molecule has 1 N–H and O–H groups in total. The fraction of sp³-hybridized carbons (Fsp3) is 0.217. The third-order valence-electron chi connectivity index (χ3n) is 4.51. The minimum absolute atomic E-state index is 0.0646. The van der Waals surface area contributed by atoms with Gasteiger partial charge in [-0.1, -0.05) is 28.7 Å². The predicted molar refractivity (Wildman–Crippen MR) is 136 cm³/mol. The van der Waals surface area contributed by atoms with Crippen LogP contribution in [0.5, 0.6) is 5.75 Å². The number of nitrogens with one attached hydrogen (secondary N) is 1. The standard InChI is InChI=1S/C23H18F3N3O8S2/c1-3-35-21(31)16-17(22(32)36-4-2)20(39-19(16)27-11-14-8-9-15(38-14)29(33)34)28-18(30)12-6-5-7-13(10-12)37-23(24,25)26/h5-11H,3-4H2,1-2H3,(H,28,30). The van der Waals surface area contributed by atoms with Gasteiger partial charge in [0.15, 0.2) is 0 Å². The van der Waals surface area contributed by atoms with E-state index in [2.05, 4.69) is 15.0 Å². The number of nitro groups is 1. The molecule has 0 radical (unpaired) electrons. The zero-order chi connectivity index (χ0) is 28.7. The number of hydrogen-bond donors (Lipinski definition) is 1. The van der Waals surface area contributed by atoms with Crippen molar-refractivity contribution in [2.24, 2.45) is 4.99 Å². The molecule has 0 bridgehead atoms. The van der Waals surface area contributed by atoms with Gasteiger partial charge in [-0.25, -0.2) is 14.6 Å². The third kappa shape index (κ3) is 7.61. The summed E-state index contributed by atoms with van der Waals surface area (Å²) in [6.45, 7) is 2.89. The smallest absolute Gasteiger partial charge is 0.462 e. The number of ether oxygens (including phenoxy) is 3. The molecule has 0 saturated heterocycles. The summed E-state index contributed by atoms with van der Waals surface area (Å²) in [5.41, 5.74) is -0.943. The summed E-state index contributed by atoms with van der Waals surface area (Å²) in [5, 5.41) is 12.9. The maximum absolute atomic E-state index is 12.9. The highest BCUT2D eigenvalue weighted by Gasteiger charge is 2.33. The van der Waals surface area contributed by atoms with Crippen LogP contribution in [-0.4, -0.2) is 48.6 Å². The summed E-state index contributed by atoms with van der Waals surface area (Å²) < 4.78 is 51.7. The van der Waals surface area contributed by atoms with E-state index < -0.39 is 34.9 Å². The van der Waals surface area contributed by atoms with Gasteiger partial charge in [0.25, 0.3) is 5.91 Å². The van der Waals surface area contributed by atoms with Crippen LogP contribution in [0.4, 0.5) is 28.2 Å². The Morgan fingerprint density at radius 1 is 1.05 bits per heavy atom. The largest absolute Gasteiger partial charge is 0.573 e. The van der Waals surface area contributed by atoms with Crippen LogP contribution in [0.25, 0.3) is 0 Å². The van der Waals surface area contributed by atoms with E-state index in [4.69, 9.17) is 9.47 Å². The first kappa shape index (κ1) is 29.2. The van der Waals surface area contributed by atoms with Crippen molar-refractivity contribution in [2.45, 2.75) is 20.2 Å². The molecule has 16 heteroatoms. The van der Waals surface area contributed by atoms with Gasteiger partial charge in [0.05, 0.1) is 23.0 Å². The van der Waals surface area contributed by atoms with Crippen molar-refractivity contribution < 1.29 is 46.7 Å². The third-order valence-corrected chi connectivity index (χ3v) is 6.49. The molecule has 1 aromatic carbocycles. The Hall–Kier alpha value is -4.31. The number of hydrogen-bond acceptors (Lipinski definition) is 11. The summed E-state index contributed by atoms with van der Waals surface area (Å²) in [6.07, 6.45) is -3.75. The Morgan fingerprint density at radius 3 is 2.31 bits per heavy atom. The molecule has 0 aliphatic rings. The quantitative estimate of drug-likeness (QED) is 0.132. The molecule has 0 aliphatic carbocycles. The minimum atomic E-state index is -4.98. The Labute approximate surface area is 226 Å². The number of halogens is 3. The van der Waals surface area contributed by atoms with Crippen molar-refractivity contribution in [1.82, 2.24) is 0 Å². The van der Waals surface area contributed by atoms with Gasteiger partial charge in [0.1, 0.15) is 26.9 Å². The molecule has 0 atom stereocenters. The Morgan fingerprint density at radius 2 is 1.72 bits per heavy atom. The molecule has 11 nitrogen and oxygen atoms in total. The van der Waals surface area contributed by atoms with Crippen molar-refractivity contribution >= 4 is 61.7 Å². The second-order valence-electron chi connectivity index (χ2n) is 7.15. The van der Waals surface area contributed by atoms with Crippen LogP contribution in [-0.2, 0) is 9.47 Å². The fourth-order valence-electron chi connectivity index (χ4n) is 3.03. The maximum Gasteiger partial charge on any atom is 0.573 e. The molecular formula is C23H18F3N3O8S2. The van der Waals surface area contributed by atoms with Crippen LogP contribution in [0, 0.1) is 10.1 Å². The highest BCUT2D eigenvalue weighted by atomic mass is 32.1. The lowest BCUT2D eigenvalue weighted by molar-refractivity contribution is -0.380. The van der Waals surface area contributed by atoms with Gasteiger partial charge in [0, 0.05) is 17.8 Å². The van der Waals surface area contributed by atoms with E-state index in [1.807, 2.05) is 0 Å². The molecule has 0 saturated carbocycles. The lowest BCUT2D eigenvalue weighted by Crippen LogP contribution is -2.19. The van der Waals surface area contributed by atoms with Gasteiger partial charge in [-0.05, 0) is 38.1 Å². The number of esters is 2. The number of rotatable bonds is 10. The minimum Gasteiger partial charge on any atom is -0.462 e. The number of carbonyl (C=O) groups is 3. The number of amides is 1. The maximum atomic E-state index is 12.9. The van der Waals surface area contributed by atoms with E-state index >= 15 is 0 Å². The van der Waals surface area contributed by atoms with Crippen LogP contribution in [0.15, 0.2) is 41.4 Å². The highest BCUT2D eigenvalue weighted by molar-refractivity contribution is 7.21. The lowest BCUT2D eigenvalue weighted by Gasteiger charge is -2.11. The highest BCUT2D eigenvalue weighted by Crippen LogP contribution is 2.41. The van der Waals surface area contributed by atoms with Crippen molar-refractivity contribution in [1.29, 1.82) is 0 Å². The predicted octanol–water partition coefficient (Wildman–Crippen LogP) is 5.97. The summed E-state index contributed by atoms with van der Waals surface area (Å²) >= 11 is 1.50. The Balaban J connectivity index is 2.06. The van der Waals surface area contributed by atoms with E-state index in [9.17, 15) is 37.7 Å². The number of alkyl halides is 3. The second kappa shape index (κ2) is 12.5. The molecule has 0 unspecified atom stereocenters. The van der Waals surface area contributed by atoms with Crippen LogP contribution < -0.4 is 10.1 Å². The molecule has 3 rings (SSSR count). The molecule has 3 aromatic rings. The van der Waals surface area contributed by atoms with Crippen molar-refractivity contribution in [2.75, 3.05) is 18.5 Å². The molecule has 0 spiro atoms. The summed E-state index contributed by atoms with van der Waals surface area (Å²) in [5.74, 6) is -3.51. The zero-order valence-corrected chi connectivity index (χ0v) is 21.7. The van der Waals surface area contributed by atoms with Gasteiger partial charge >= 0.3 is 23.3 Å². The first-order valence-electron chi connectivity index (χ1n) is 10.9. The topological polar surface area (TPSA) is 146 Å². The SMILES string of the molecule is CCOC(=O)c1c(N=Cc2ccc([N+](=O)[O-])s2)sc(NC(=O)c2cccc(OC(F)(F)F)c2)c1C(=O)OCC. The van der Waals surface area contributed by atoms with Crippen molar-refractivity contribution in [3.8, 4) is 5.75 Å². The molecular weight excluding hydrogens is 567 g/mol. The number of nitrogens with zero attached hydrogens (tertiary/aromatic N) is 2. The van der Waals surface area contributed by atoms with Crippen LogP contribution >= 0.6 is 22.7 Å². The molecule has 206 valence electrons. The second-order valence-corrected chi connectivity index (χ2v) is 9.24. The summed E-state index contributed by atoms with van der Waals surface area (Å²) in [7, 11) is 0. The van der Waals surface area contributed by atoms with E-state index in [0.29, 0.717) is 16.2 Å². The number of thiophene rings is 2. The number of carbonyl (C=O) groups excluding carboxylic acids is 3. The zero-order valence-electron chi connectivity index (χ0n) is 20.1. The van der Waals surface area contributed by atoms with E-state index in [0.717, 1.165) is 29.5 Å². The fourth-order valence-corrected chi connectivity index (χ4v) is 4.74. The van der Waals surface area contributed by atoms with E-state index in [1.54, 1.807) is 0 Å². The average Bonchev–Trinajstić information content (AvgIpc) is 3.47. The Bertz CT molecular complexity index is 1430. The van der Waals surface area contributed by atoms with E-state index in [1.165, 1.54) is 38.3 Å². The van der Waals surface area contributed by atoms with Crippen molar-refractivity contribution in [3.63, 3.8) is 0 Å². The van der Waals surface area contributed by atoms with Crippen LogP contribution in [0.2, 0.25) is 0 Å². The average molecular weight is 586 g/mol. The Kier molecular flexibility index (Phi) is 9.37. The molecule has 0 aliphatic heterocycles. The van der Waals surface area contributed by atoms with E-state index in [-0.39, 0.29) is 44.9 Å². The summed E-state index contributed by atoms with van der Waals surface area (Å²) in [4.78, 5) is 53.5. The van der Waals surface area contributed by atoms with Gasteiger partial charge in [-0.2, -0.15) is 0 Å². The van der Waals surface area contributed by atoms with Crippen LogP contribution in [0.1, 0.15) is 49.8 Å².